The number of carbonyl (C=O) groups is 1. The van der Waals surface area contributed by atoms with E-state index >= 15 is 0 Å². The minimum absolute atomic E-state index is 0.340. The summed E-state index contributed by atoms with van der Waals surface area (Å²) in [5.41, 5.74) is -5.14. The van der Waals surface area contributed by atoms with Crippen molar-refractivity contribution in [2.24, 2.45) is 16.7 Å². The van der Waals surface area contributed by atoms with E-state index in [0.29, 0.717) is 13.8 Å². The van der Waals surface area contributed by atoms with Crippen LogP contribution in [-0.4, -0.2) is 24.7 Å². The summed E-state index contributed by atoms with van der Waals surface area (Å²) >= 11 is 0. The summed E-state index contributed by atoms with van der Waals surface area (Å²) in [5.74, 6) is -4.99. The van der Waals surface area contributed by atoms with Crippen molar-refractivity contribution in [1.82, 2.24) is 0 Å². The predicted octanol–water partition coefficient (Wildman–Crippen LogP) is 4.83. The highest BCUT2D eigenvalue weighted by Gasteiger charge is 2.68. The van der Waals surface area contributed by atoms with Crippen LogP contribution in [0.3, 0.4) is 0 Å². The summed E-state index contributed by atoms with van der Waals surface area (Å²) in [7, 11) is 0. The summed E-state index contributed by atoms with van der Waals surface area (Å²) in [6, 6.07) is 0. The normalized spacial score (nSPS) is 14.5. The van der Waals surface area contributed by atoms with Gasteiger partial charge in [-0.3, -0.25) is 4.79 Å². The molecule has 0 amide bonds. The first kappa shape index (κ1) is 20.1. The second-order valence-electron chi connectivity index (χ2n) is 6.65. The van der Waals surface area contributed by atoms with Crippen LogP contribution in [0, 0.1) is 16.7 Å². The van der Waals surface area contributed by atoms with Crippen molar-refractivity contribution in [3.8, 4) is 0 Å². The predicted molar refractivity (Wildman–Crippen MR) is 69.0 cm³/mol. The third-order valence-corrected chi connectivity index (χ3v) is 3.79. The molecule has 0 aliphatic rings. The summed E-state index contributed by atoms with van der Waals surface area (Å²) in [4.78, 5) is 11.2. The Kier molecular flexibility index (Phi) is 5.83. The topological polar surface area (TPSA) is 26.3 Å². The molecule has 0 rings (SSSR count). The third-order valence-electron chi connectivity index (χ3n) is 3.79. The molecule has 0 radical (unpaired) electrons. The van der Waals surface area contributed by atoms with Gasteiger partial charge in [0.15, 0.2) is 0 Å². The van der Waals surface area contributed by atoms with Gasteiger partial charge in [0.25, 0.3) is 5.92 Å². The molecule has 0 aromatic heterocycles. The van der Waals surface area contributed by atoms with E-state index in [1.807, 2.05) is 0 Å². The van der Waals surface area contributed by atoms with Crippen molar-refractivity contribution in [2.45, 2.75) is 60.1 Å². The van der Waals surface area contributed by atoms with Gasteiger partial charge in [-0.2, -0.15) is 13.2 Å². The highest BCUT2D eigenvalue weighted by atomic mass is 19.4. The van der Waals surface area contributed by atoms with E-state index in [-0.39, 0.29) is 13.0 Å². The van der Waals surface area contributed by atoms with Crippen molar-refractivity contribution < 1.29 is 31.5 Å². The quantitative estimate of drug-likeness (QED) is 0.518. The minimum atomic E-state index is -5.04. The Labute approximate surface area is 122 Å². The lowest BCUT2D eigenvalue weighted by molar-refractivity contribution is -0.314. The highest BCUT2D eigenvalue weighted by molar-refractivity contribution is 5.71. The molecule has 21 heavy (non-hydrogen) atoms. The van der Waals surface area contributed by atoms with Crippen LogP contribution in [0.2, 0.25) is 0 Å². The van der Waals surface area contributed by atoms with Gasteiger partial charge < -0.3 is 4.74 Å². The van der Waals surface area contributed by atoms with Gasteiger partial charge in [-0.1, -0.05) is 27.7 Å². The Morgan fingerprint density at radius 1 is 1.00 bits per heavy atom. The highest BCUT2D eigenvalue weighted by Crippen LogP contribution is 2.57. The van der Waals surface area contributed by atoms with Gasteiger partial charge in [0.2, 0.25) is 0 Å². The minimum Gasteiger partial charge on any atom is -0.465 e. The van der Waals surface area contributed by atoms with Gasteiger partial charge in [0.1, 0.15) is 5.41 Å². The van der Waals surface area contributed by atoms with Crippen LogP contribution < -0.4 is 0 Å². The van der Waals surface area contributed by atoms with E-state index in [9.17, 15) is 26.7 Å². The van der Waals surface area contributed by atoms with Crippen LogP contribution in [0.15, 0.2) is 0 Å². The van der Waals surface area contributed by atoms with Gasteiger partial charge in [0, 0.05) is 5.41 Å². The monoisotopic (exact) mass is 318 g/mol. The molecule has 0 bridgehead atoms. The molecule has 7 heteroatoms. The first-order valence-corrected chi connectivity index (χ1v) is 6.69. The van der Waals surface area contributed by atoms with Gasteiger partial charge in [-0.15, -0.1) is 0 Å². The van der Waals surface area contributed by atoms with Crippen molar-refractivity contribution >= 4 is 5.97 Å². The number of hydrogen-bond acceptors (Lipinski definition) is 2. The molecular weight excluding hydrogens is 295 g/mol. The number of alkyl halides is 5. The molecule has 2 nitrogen and oxygen atoms in total. The lowest BCUT2D eigenvalue weighted by Crippen LogP contribution is -2.55. The molecule has 0 aromatic carbocycles. The summed E-state index contributed by atoms with van der Waals surface area (Å²) in [6.07, 6.45) is -5.40. The molecule has 0 spiro atoms. The molecule has 0 saturated carbocycles. The Morgan fingerprint density at radius 3 is 1.76 bits per heavy atom. The first-order valence-electron chi connectivity index (χ1n) is 6.69. The zero-order valence-electron chi connectivity index (χ0n) is 13.2. The lowest BCUT2D eigenvalue weighted by atomic mass is 9.69. The van der Waals surface area contributed by atoms with Crippen LogP contribution in [0.1, 0.15) is 48.0 Å². The maximum atomic E-state index is 14.3. The number of rotatable bonds is 6. The van der Waals surface area contributed by atoms with Crippen LogP contribution in [-0.2, 0) is 9.53 Å². The van der Waals surface area contributed by atoms with Gasteiger partial charge >= 0.3 is 12.1 Å². The van der Waals surface area contributed by atoms with E-state index in [1.165, 1.54) is 0 Å². The number of carbonyl (C=O) groups excluding carboxylic acids is 1. The molecule has 126 valence electrons. The smallest absolute Gasteiger partial charge is 0.399 e. The van der Waals surface area contributed by atoms with Crippen LogP contribution >= 0.6 is 0 Å². The number of ether oxygens (including phenoxy) is 1. The second kappa shape index (κ2) is 6.08. The van der Waals surface area contributed by atoms with E-state index in [0.717, 1.165) is 13.8 Å². The van der Waals surface area contributed by atoms with E-state index in [4.69, 9.17) is 4.74 Å². The van der Waals surface area contributed by atoms with Crippen molar-refractivity contribution in [2.75, 3.05) is 6.61 Å². The maximum Gasteiger partial charge on any atom is 0.399 e. The Balaban J connectivity index is 5.01. The summed E-state index contributed by atoms with van der Waals surface area (Å²) in [5, 5.41) is 0. The Hall–Kier alpha value is -0.880. The standard InChI is InChI=1S/C14H23F5O2/c1-9(2)10(20)21-8-7-11(3,4)13(15,16)12(5,6)14(17,18)19/h9H,7-8H2,1-6H3. The fourth-order valence-electron chi connectivity index (χ4n) is 1.75. The SMILES string of the molecule is CC(C)C(=O)OCCC(C)(C)C(F)(F)C(C)(C)C(F)(F)F. The van der Waals surface area contributed by atoms with E-state index in [1.54, 1.807) is 13.8 Å². The fourth-order valence-corrected chi connectivity index (χ4v) is 1.75. The molecule has 0 aromatic rings. The maximum absolute atomic E-state index is 14.3. The van der Waals surface area contributed by atoms with E-state index < -0.39 is 34.8 Å². The molecule has 0 saturated heterocycles. The average Bonchev–Trinajstić information content (AvgIpc) is 2.26. The van der Waals surface area contributed by atoms with Crippen LogP contribution in [0.5, 0.6) is 0 Å². The number of hydrogen-bond donors (Lipinski definition) is 0. The van der Waals surface area contributed by atoms with Gasteiger partial charge in [0.05, 0.1) is 12.5 Å². The third kappa shape index (κ3) is 4.07. The Morgan fingerprint density at radius 2 is 1.43 bits per heavy atom. The van der Waals surface area contributed by atoms with Crippen molar-refractivity contribution in [3.05, 3.63) is 0 Å². The summed E-state index contributed by atoms with van der Waals surface area (Å²) < 4.78 is 71.9. The largest absolute Gasteiger partial charge is 0.465 e. The molecule has 0 aliphatic heterocycles. The molecule has 0 aliphatic carbocycles. The zero-order chi connectivity index (χ0) is 17.3. The molecule has 0 heterocycles. The molecule has 0 unspecified atom stereocenters. The summed E-state index contributed by atoms with van der Waals surface area (Å²) in [6.45, 7) is 5.87. The lowest BCUT2D eigenvalue weighted by Gasteiger charge is -2.44. The average molecular weight is 318 g/mol. The molecular formula is C14H23F5O2. The fraction of sp³-hybridized carbons (Fsp3) is 0.929. The van der Waals surface area contributed by atoms with Crippen molar-refractivity contribution in [1.29, 1.82) is 0 Å². The zero-order valence-corrected chi connectivity index (χ0v) is 13.2. The number of halogens is 5. The van der Waals surface area contributed by atoms with Crippen LogP contribution in [0.25, 0.3) is 0 Å². The first-order chi connectivity index (χ1) is 9.08. The second-order valence-corrected chi connectivity index (χ2v) is 6.65. The van der Waals surface area contributed by atoms with E-state index in [2.05, 4.69) is 0 Å². The molecule has 0 fully saturated rings. The van der Waals surface area contributed by atoms with Gasteiger partial charge in [-0.05, 0) is 20.3 Å². The Bertz CT molecular complexity index is 370. The van der Waals surface area contributed by atoms with Crippen molar-refractivity contribution in [3.63, 3.8) is 0 Å². The molecule has 0 N–H and O–H groups in total. The molecule has 0 atom stereocenters. The van der Waals surface area contributed by atoms with Crippen LogP contribution in [0.4, 0.5) is 22.0 Å². The number of esters is 1. The van der Waals surface area contributed by atoms with Gasteiger partial charge in [-0.25, -0.2) is 8.78 Å².